The smallest absolute Gasteiger partial charge is 0.308 e. The molecule has 3 rings (SSSR count). The quantitative estimate of drug-likeness (QED) is 0.772. The molecule has 0 saturated carbocycles. The summed E-state index contributed by atoms with van der Waals surface area (Å²) in [5, 5.41) is 4.84. The summed E-state index contributed by atoms with van der Waals surface area (Å²) in [5.74, 6) is 0. The van der Waals surface area contributed by atoms with Crippen molar-refractivity contribution in [2.45, 2.75) is 36.9 Å². The Hall–Kier alpha value is -2.66. The molecule has 11 heteroatoms. The van der Waals surface area contributed by atoms with Gasteiger partial charge in [-0.1, -0.05) is 0 Å². The molecule has 2 N–H and O–H groups in total. The van der Waals surface area contributed by atoms with Crippen LogP contribution in [0.2, 0.25) is 0 Å². The summed E-state index contributed by atoms with van der Waals surface area (Å²) < 4.78 is 64.3. The van der Waals surface area contributed by atoms with E-state index in [0.717, 1.165) is 31.2 Å². The first-order valence-electron chi connectivity index (χ1n) is 8.80. The highest BCUT2D eigenvalue weighted by Gasteiger charge is 2.33. The molecule has 1 aliphatic heterocycles. The summed E-state index contributed by atoms with van der Waals surface area (Å²) in [6.07, 6.45) is -2.03. The maximum atomic E-state index is 12.7. The summed E-state index contributed by atoms with van der Waals surface area (Å²) in [6, 6.07) is 6.77. The van der Waals surface area contributed by atoms with Gasteiger partial charge in [0.25, 0.3) is 0 Å². The van der Waals surface area contributed by atoms with Crippen LogP contribution in [-0.4, -0.2) is 36.3 Å². The fourth-order valence-corrected chi connectivity index (χ4v) is 4.74. The molecule has 2 aromatic rings. The average Bonchev–Trinajstić information content (AvgIpc) is 3.08. The van der Waals surface area contributed by atoms with Crippen LogP contribution in [0.5, 0.6) is 0 Å². The number of halogens is 3. The van der Waals surface area contributed by atoms with Gasteiger partial charge in [-0.15, -0.1) is 0 Å². The second kappa shape index (κ2) is 7.99. The number of carbonyl (C=O) groups is 1. The Bertz CT molecular complexity index is 977. The first-order valence-corrected chi connectivity index (χ1v) is 10.2. The zero-order valence-corrected chi connectivity index (χ0v) is 16.2. The molecule has 1 fully saturated rings. The van der Waals surface area contributed by atoms with Crippen molar-refractivity contribution >= 4 is 27.4 Å². The lowest BCUT2D eigenvalue weighted by Crippen LogP contribution is -2.33. The molecule has 1 aliphatic rings. The Morgan fingerprint density at radius 1 is 1.10 bits per heavy atom. The molecular formula is C18H19F3N4O3S. The molecule has 0 bridgehead atoms. The molecule has 1 aromatic heterocycles. The number of hydrogen-bond donors (Lipinski definition) is 2. The lowest BCUT2D eigenvalue weighted by atomic mass is 10.3. The van der Waals surface area contributed by atoms with Crippen LogP contribution in [0.4, 0.5) is 29.3 Å². The van der Waals surface area contributed by atoms with Gasteiger partial charge >= 0.3 is 12.2 Å². The molecule has 1 aromatic carbocycles. The fourth-order valence-electron chi connectivity index (χ4n) is 3.04. The van der Waals surface area contributed by atoms with Crippen molar-refractivity contribution in [1.82, 2.24) is 9.29 Å². The van der Waals surface area contributed by atoms with Gasteiger partial charge in [-0.05, 0) is 56.2 Å². The zero-order chi connectivity index (χ0) is 21.2. The Morgan fingerprint density at radius 3 is 2.24 bits per heavy atom. The number of carbonyl (C=O) groups excluding carboxylic acids is 1. The van der Waals surface area contributed by atoms with E-state index in [1.807, 2.05) is 6.92 Å². The van der Waals surface area contributed by atoms with Crippen molar-refractivity contribution in [2.24, 2.45) is 0 Å². The van der Waals surface area contributed by atoms with Crippen molar-refractivity contribution in [2.75, 3.05) is 17.2 Å². The van der Waals surface area contributed by atoms with E-state index < -0.39 is 27.9 Å². The summed E-state index contributed by atoms with van der Waals surface area (Å²) in [4.78, 5) is 15.4. The van der Waals surface area contributed by atoms with Gasteiger partial charge in [0.2, 0.25) is 10.0 Å². The van der Waals surface area contributed by atoms with Crippen LogP contribution in [0.25, 0.3) is 0 Å². The zero-order valence-electron chi connectivity index (χ0n) is 15.4. The highest BCUT2D eigenvalue weighted by Crippen LogP contribution is 2.28. The highest BCUT2D eigenvalue weighted by molar-refractivity contribution is 7.89. The number of hydrogen-bond acceptors (Lipinski definition) is 4. The van der Waals surface area contributed by atoms with Crippen molar-refractivity contribution in [3.05, 3.63) is 48.3 Å². The summed E-state index contributed by atoms with van der Waals surface area (Å²) >= 11 is 0. The Kier molecular flexibility index (Phi) is 5.80. The number of aromatic nitrogens is 1. The van der Waals surface area contributed by atoms with Crippen molar-refractivity contribution in [3.8, 4) is 0 Å². The molecule has 0 spiro atoms. The number of nitrogens with zero attached hydrogens (tertiary/aromatic N) is 2. The maximum Gasteiger partial charge on any atom is 0.433 e. The standard InChI is InChI=1S/C18H19F3N4O3S/c1-12-3-2-10-25(12)29(27,28)15-7-4-13(5-8-15)23-17(26)24-14-6-9-16(22-11-14)18(19,20)21/h4-9,11-12H,2-3,10H2,1H3,(H2,23,24,26)/t12-/m0/s1. The minimum Gasteiger partial charge on any atom is -0.308 e. The summed E-state index contributed by atoms with van der Waals surface area (Å²) in [6.45, 7) is 2.34. The molecular weight excluding hydrogens is 409 g/mol. The van der Waals surface area contributed by atoms with E-state index >= 15 is 0 Å². The maximum absolute atomic E-state index is 12.7. The number of urea groups is 1. The molecule has 0 radical (unpaired) electrons. The van der Waals surface area contributed by atoms with Gasteiger partial charge in [0.1, 0.15) is 5.69 Å². The SMILES string of the molecule is C[C@H]1CCCN1S(=O)(=O)c1ccc(NC(=O)Nc2ccc(C(F)(F)F)nc2)cc1. The molecule has 1 atom stereocenters. The Morgan fingerprint density at radius 2 is 1.72 bits per heavy atom. The number of benzene rings is 1. The Labute approximate surface area is 166 Å². The van der Waals surface area contributed by atoms with Gasteiger partial charge in [0, 0.05) is 18.3 Å². The van der Waals surface area contributed by atoms with Gasteiger partial charge in [0.05, 0.1) is 16.8 Å². The van der Waals surface area contributed by atoms with E-state index in [1.54, 1.807) is 0 Å². The highest BCUT2D eigenvalue weighted by atomic mass is 32.2. The van der Waals surface area contributed by atoms with Gasteiger partial charge < -0.3 is 10.6 Å². The van der Waals surface area contributed by atoms with Crippen LogP contribution >= 0.6 is 0 Å². The van der Waals surface area contributed by atoms with Gasteiger partial charge in [-0.2, -0.15) is 17.5 Å². The minimum absolute atomic E-state index is 0.0547. The van der Waals surface area contributed by atoms with Gasteiger partial charge in [-0.3, -0.25) is 0 Å². The number of amides is 2. The van der Waals surface area contributed by atoms with Gasteiger partial charge in [0.15, 0.2) is 0 Å². The first kappa shape index (κ1) is 21.1. The monoisotopic (exact) mass is 428 g/mol. The predicted octanol–water partition coefficient (Wildman–Crippen LogP) is 3.92. The normalized spacial score (nSPS) is 17.9. The second-order valence-electron chi connectivity index (χ2n) is 6.64. The van der Waals surface area contributed by atoms with Crippen LogP contribution in [0.3, 0.4) is 0 Å². The number of nitrogens with one attached hydrogen (secondary N) is 2. The van der Waals surface area contributed by atoms with Crippen LogP contribution in [0, 0.1) is 0 Å². The van der Waals surface area contributed by atoms with E-state index in [2.05, 4.69) is 15.6 Å². The lowest BCUT2D eigenvalue weighted by Gasteiger charge is -2.21. The van der Waals surface area contributed by atoms with Crippen molar-refractivity contribution < 1.29 is 26.4 Å². The third-order valence-corrected chi connectivity index (χ3v) is 6.55. The second-order valence-corrected chi connectivity index (χ2v) is 8.53. The Balaban J connectivity index is 1.63. The van der Waals surface area contributed by atoms with Crippen molar-refractivity contribution in [3.63, 3.8) is 0 Å². The molecule has 0 aliphatic carbocycles. The third-order valence-electron chi connectivity index (χ3n) is 4.52. The molecule has 0 unspecified atom stereocenters. The molecule has 29 heavy (non-hydrogen) atoms. The number of pyridine rings is 1. The molecule has 7 nitrogen and oxygen atoms in total. The van der Waals surface area contributed by atoms with Crippen LogP contribution < -0.4 is 10.6 Å². The van der Waals surface area contributed by atoms with E-state index in [4.69, 9.17) is 0 Å². The average molecular weight is 428 g/mol. The van der Waals surface area contributed by atoms with E-state index in [1.165, 1.54) is 28.6 Å². The largest absolute Gasteiger partial charge is 0.433 e. The van der Waals surface area contributed by atoms with Crippen LogP contribution in [-0.2, 0) is 16.2 Å². The number of alkyl halides is 3. The molecule has 1 saturated heterocycles. The number of sulfonamides is 1. The summed E-state index contributed by atoms with van der Waals surface area (Å²) in [7, 11) is -3.59. The minimum atomic E-state index is -4.56. The summed E-state index contributed by atoms with van der Waals surface area (Å²) in [5.41, 5.74) is -0.652. The van der Waals surface area contributed by atoms with E-state index in [9.17, 15) is 26.4 Å². The fraction of sp³-hybridized carbons (Fsp3) is 0.333. The van der Waals surface area contributed by atoms with E-state index in [-0.39, 0.29) is 16.6 Å². The van der Waals surface area contributed by atoms with Crippen LogP contribution in [0.15, 0.2) is 47.5 Å². The van der Waals surface area contributed by atoms with Crippen LogP contribution in [0.1, 0.15) is 25.5 Å². The first-order chi connectivity index (χ1) is 13.6. The predicted molar refractivity (Wildman–Crippen MR) is 101 cm³/mol. The molecule has 2 amide bonds. The molecule has 2 heterocycles. The third kappa shape index (κ3) is 4.85. The number of rotatable bonds is 4. The topological polar surface area (TPSA) is 91.4 Å². The lowest BCUT2D eigenvalue weighted by molar-refractivity contribution is -0.141. The van der Waals surface area contributed by atoms with Crippen molar-refractivity contribution in [1.29, 1.82) is 0 Å². The van der Waals surface area contributed by atoms with E-state index in [0.29, 0.717) is 12.2 Å². The van der Waals surface area contributed by atoms with Gasteiger partial charge in [-0.25, -0.2) is 18.2 Å². The molecule has 156 valence electrons. The number of anilines is 2.